The first-order valence-corrected chi connectivity index (χ1v) is 10.0. The summed E-state index contributed by atoms with van der Waals surface area (Å²) in [6.07, 6.45) is 0. The van der Waals surface area contributed by atoms with E-state index in [1.807, 2.05) is 26.1 Å². The van der Waals surface area contributed by atoms with Crippen LogP contribution in [0, 0.1) is 0 Å². The van der Waals surface area contributed by atoms with Gasteiger partial charge in [0.15, 0.2) is 6.79 Å². The molecule has 0 saturated carbocycles. The molecule has 2 aromatic carbocycles. The van der Waals surface area contributed by atoms with E-state index in [0.717, 1.165) is 22.4 Å². The maximum Gasteiger partial charge on any atom is 0.238 e. The van der Waals surface area contributed by atoms with Crippen molar-refractivity contribution in [2.24, 2.45) is 5.14 Å². The molecule has 0 spiro atoms. The molecule has 1 aliphatic rings. The van der Waals surface area contributed by atoms with Crippen molar-refractivity contribution < 1.29 is 17.9 Å². The number of rotatable bonds is 5. The molecule has 3 rings (SSSR count). The fraction of sp³-hybridized carbons (Fsp3) is 0.333. The Hall–Kier alpha value is -1.64. The maximum atomic E-state index is 11.4. The van der Waals surface area contributed by atoms with E-state index in [2.05, 4.69) is 4.90 Å². The Bertz CT molecular complexity index is 900. The van der Waals surface area contributed by atoms with Crippen LogP contribution in [0.25, 0.3) is 0 Å². The smallest absolute Gasteiger partial charge is 0.238 e. The highest BCUT2D eigenvalue weighted by molar-refractivity contribution is 7.89. The van der Waals surface area contributed by atoms with E-state index in [-0.39, 0.29) is 17.7 Å². The van der Waals surface area contributed by atoms with Crippen LogP contribution >= 0.6 is 11.6 Å². The van der Waals surface area contributed by atoms with Crippen LogP contribution in [0.2, 0.25) is 5.02 Å². The fourth-order valence-corrected chi connectivity index (χ4v) is 3.75. The van der Waals surface area contributed by atoms with Crippen LogP contribution in [-0.2, 0) is 27.9 Å². The third kappa shape index (κ3) is 4.19. The van der Waals surface area contributed by atoms with Gasteiger partial charge in [0.05, 0.1) is 11.5 Å². The van der Waals surface area contributed by atoms with Crippen molar-refractivity contribution in [1.82, 2.24) is 4.90 Å². The van der Waals surface area contributed by atoms with Crippen molar-refractivity contribution >= 4 is 21.6 Å². The van der Waals surface area contributed by atoms with E-state index in [9.17, 15) is 8.42 Å². The summed E-state index contributed by atoms with van der Waals surface area (Å²) < 4.78 is 33.7. The average molecular weight is 397 g/mol. The lowest BCUT2D eigenvalue weighted by atomic mass is 10.0. The number of benzene rings is 2. The topological polar surface area (TPSA) is 81.9 Å². The van der Waals surface area contributed by atoms with Crippen molar-refractivity contribution in [2.45, 2.75) is 31.0 Å². The molecule has 0 amide bonds. The van der Waals surface area contributed by atoms with Crippen LogP contribution in [0.5, 0.6) is 5.75 Å². The lowest BCUT2D eigenvalue weighted by Crippen LogP contribution is -2.23. The molecule has 0 aliphatic carbocycles. The summed E-state index contributed by atoms with van der Waals surface area (Å²) in [7, 11) is -1.69. The van der Waals surface area contributed by atoms with Crippen LogP contribution in [0.15, 0.2) is 41.3 Å². The van der Waals surface area contributed by atoms with Gasteiger partial charge in [0.1, 0.15) is 5.75 Å². The van der Waals surface area contributed by atoms with Crippen molar-refractivity contribution in [3.63, 3.8) is 0 Å². The quantitative estimate of drug-likeness (QED) is 0.839. The second-order valence-electron chi connectivity index (χ2n) is 6.37. The van der Waals surface area contributed by atoms with E-state index >= 15 is 0 Å². The van der Waals surface area contributed by atoms with Gasteiger partial charge in [-0.1, -0.05) is 23.7 Å². The summed E-state index contributed by atoms with van der Waals surface area (Å²) in [5, 5.41) is 5.79. The van der Waals surface area contributed by atoms with Gasteiger partial charge in [0.2, 0.25) is 10.0 Å². The Morgan fingerprint density at radius 3 is 2.62 bits per heavy atom. The normalized spacial score (nSPS) is 15.4. The average Bonchev–Trinajstić information content (AvgIpc) is 2.60. The predicted molar refractivity (Wildman–Crippen MR) is 99.4 cm³/mol. The van der Waals surface area contributed by atoms with Crippen LogP contribution < -0.4 is 9.88 Å². The number of halogens is 1. The lowest BCUT2D eigenvalue weighted by molar-refractivity contribution is -0.0175. The van der Waals surface area contributed by atoms with Gasteiger partial charge in [0.25, 0.3) is 0 Å². The molecule has 1 aliphatic heterocycles. The highest BCUT2D eigenvalue weighted by Crippen LogP contribution is 2.33. The number of hydrogen-bond donors (Lipinski definition) is 1. The van der Waals surface area contributed by atoms with Gasteiger partial charge in [-0.15, -0.1) is 0 Å². The van der Waals surface area contributed by atoms with Crippen molar-refractivity contribution in [2.75, 3.05) is 13.8 Å². The van der Waals surface area contributed by atoms with E-state index < -0.39 is 10.0 Å². The molecule has 0 radical (unpaired) electrons. The Morgan fingerprint density at radius 2 is 1.96 bits per heavy atom. The molecule has 0 unspecified atom stereocenters. The summed E-state index contributed by atoms with van der Waals surface area (Å²) in [5.41, 5.74) is 2.92. The molecule has 6 nitrogen and oxygen atoms in total. The number of primary sulfonamides is 1. The van der Waals surface area contributed by atoms with Gasteiger partial charge in [-0.3, -0.25) is 4.90 Å². The number of sulfonamides is 1. The van der Waals surface area contributed by atoms with Crippen molar-refractivity contribution in [1.29, 1.82) is 0 Å². The minimum absolute atomic E-state index is 0.0546. The fourth-order valence-electron chi connectivity index (χ4n) is 2.97. The van der Waals surface area contributed by atoms with Crippen molar-refractivity contribution in [3.8, 4) is 5.75 Å². The van der Waals surface area contributed by atoms with Gasteiger partial charge in [-0.25, -0.2) is 13.6 Å². The predicted octanol–water partition coefficient (Wildman–Crippen LogP) is 3.05. The zero-order valence-corrected chi connectivity index (χ0v) is 16.2. The summed E-state index contributed by atoms with van der Waals surface area (Å²) in [6, 6.07) is 10.4. The summed E-state index contributed by atoms with van der Waals surface area (Å²) in [6.45, 7) is 3.39. The third-order valence-electron chi connectivity index (χ3n) is 4.52. The molecule has 0 bridgehead atoms. The molecule has 140 valence electrons. The van der Waals surface area contributed by atoms with Crippen LogP contribution in [0.4, 0.5) is 0 Å². The minimum atomic E-state index is -3.69. The van der Waals surface area contributed by atoms with E-state index in [1.165, 1.54) is 12.1 Å². The summed E-state index contributed by atoms with van der Waals surface area (Å²) in [4.78, 5) is 2.24. The molecule has 2 aromatic rings. The van der Waals surface area contributed by atoms with Crippen LogP contribution in [0.3, 0.4) is 0 Å². The van der Waals surface area contributed by atoms with Gasteiger partial charge in [-0.2, -0.15) is 0 Å². The first kappa shape index (κ1) is 19.1. The first-order chi connectivity index (χ1) is 12.3. The molecule has 8 heteroatoms. The number of fused-ring (bicyclic) bond motifs is 1. The maximum absolute atomic E-state index is 11.4. The summed E-state index contributed by atoms with van der Waals surface area (Å²) in [5.74, 6) is 0.823. The van der Waals surface area contributed by atoms with E-state index in [1.54, 1.807) is 12.1 Å². The van der Waals surface area contributed by atoms with Crippen LogP contribution in [-0.4, -0.2) is 27.2 Å². The van der Waals surface area contributed by atoms with Gasteiger partial charge < -0.3 is 9.47 Å². The lowest BCUT2D eigenvalue weighted by Gasteiger charge is -2.28. The van der Waals surface area contributed by atoms with Gasteiger partial charge >= 0.3 is 0 Å². The number of nitrogens with two attached hydrogens (primary N) is 1. The minimum Gasteiger partial charge on any atom is -0.467 e. The second-order valence-corrected chi connectivity index (χ2v) is 8.37. The Morgan fingerprint density at radius 1 is 1.27 bits per heavy atom. The Kier molecular flexibility index (Phi) is 5.55. The Balaban J connectivity index is 1.80. The molecule has 1 heterocycles. The van der Waals surface area contributed by atoms with E-state index in [0.29, 0.717) is 18.2 Å². The molecular formula is C18H21ClN2O4S. The molecule has 2 N–H and O–H groups in total. The molecule has 0 fully saturated rings. The number of nitrogens with zero attached hydrogens (tertiary/aromatic N) is 1. The molecule has 0 aromatic heterocycles. The standard InChI is InChI=1S/C18H21ClN2O4S/c1-12(13-3-5-17(6-4-13)26(20,22)23)21(2)9-14-7-16(19)8-15-10-24-11-25-18(14)15/h3-8,12H,9-11H2,1-2H3,(H2,20,22,23)/t12-/m1/s1. The molecule has 0 saturated heterocycles. The molecule has 1 atom stereocenters. The van der Waals surface area contributed by atoms with Crippen LogP contribution in [0.1, 0.15) is 29.7 Å². The number of ether oxygens (including phenoxy) is 2. The highest BCUT2D eigenvalue weighted by atomic mass is 35.5. The largest absolute Gasteiger partial charge is 0.467 e. The SMILES string of the molecule is C[C@H](c1ccc(S(N)(=O)=O)cc1)N(C)Cc1cc(Cl)cc2c1OCOC2. The molecular weight excluding hydrogens is 376 g/mol. The molecule has 26 heavy (non-hydrogen) atoms. The van der Waals surface area contributed by atoms with Gasteiger partial charge in [0, 0.05) is 28.7 Å². The number of hydrogen-bond acceptors (Lipinski definition) is 5. The first-order valence-electron chi connectivity index (χ1n) is 8.10. The summed E-state index contributed by atoms with van der Waals surface area (Å²) >= 11 is 6.22. The van der Waals surface area contributed by atoms with E-state index in [4.69, 9.17) is 26.2 Å². The highest BCUT2D eigenvalue weighted by Gasteiger charge is 2.20. The monoisotopic (exact) mass is 396 g/mol. The zero-order valence-electron chi connectivity index (χ0n) is 14.6. The Labute approximate surface area is 158 Å². The zero-order chi connectivity index (χ0) is 18.9. The third-order valence-corrected chi connectivity index (χ3v) is 5.67. The second kappa shape index (κ2) is 7.54. The van der Waals surface area contributed by atoms with Gasteiger partial charge in [-0.05, 0) is 43.8 Å². The van der Waals surface area contributed by atoms with Crippen molar-refractivity contribution in [3.05, 3.63) is 58.1 Å².